The first-order valence-corrected chi connectivity index (χ1v) is 7.52. The summed E-state index contributed by atoms with van der Waals surface area (Å²) in [6, 6.07) is 0.120. The first-order valence-electron chi connectivity index (χ1n) is 6.98. The summed E-state index contributed by atoms with van der Waals surface area (Å²) in [6.07, 6.45) is 8.41. The van der Waals surface area contributed by atoms with Crippen molar-refractivity contribution in [3.8, 4) is 0 Å². The summed E-state index contributed by atoms with van der Waals surface area (Å²) in [4.78, 5) is 11.9. The fraction of sp³-hybridized carbons (Fsp3) is 0.929. The molecule has 0 saturated heterocycles. The molecule has 100 valence electrons. The Hall–Kier alpha value is -0.240. The molecule has 1 rings (SSSR count). The molecule has 0 aliphatic heterocycles. The summed E-state index contributed by atoms with van der Waals surface area (Å²) < 4.78 is 0. The SMILES string of the molecule is CC(C)C(CCl)NC(=O)CC1CCCCCC1. The van der Waals surface area contributed by atoms with E-state index in [1.807, 2.05) is 0 Å². The fourth-order valence-corrected chi connectivity index (χ4v) is 2.91. The molecular weight excluding hydrogens is 234 g/mol. The van der Waals surface area contributed by atoms with Crippen molar-refractivity contribution < 1.29 is 4.79 Å². The van der Waals surface area contributed by atoms with Gasteiger partial charge in [-0.05, 0) is 24.7 Å². The second-order valence-corrected chi connectivity index (χ2v) is 5.94. The Bertz CT molecular complexity index is 222. The molecule has 1 atom stereocenters. The fourth-order valence-electron chi connectivity index (χ4n) is 2.48. The smallest absolute Gasteiger partial charge is 0.220 e. The van der Waals surface area contributed by atoms with Gasteiger partial charge in [-0.2, -0.15) is 0 Å². The molecule has 0 aromatic rings. The van der Waals surface area contributed by atoms with Crippen LogP contribution < -0.4 is 5.32 Å². The lowest BCUT2D eigenvalue weighted by molar-refractivity contribution is -0.123. The third-order valence-electron chi connectivity index (χ3n) is 3.77. The molecule has 0 aromatic carbocycles. The van der Waals surface area contributed by atoms with Gasteiger partial charge in [-0.25, -0.2) is 0 Å². The summed E-state index contributed by atoms with van der Waals surface area (Å²) in [5.41, 5.74) is 0. The minimum Gasteiger partial charge on any atom is -0.352 e. The van der Waals surface area contributed by atoms with Crippen LogP contribution in [0.1, 0.15) is 58.8 Å². The maximum atomic E-state index is 11.9. The molecule has 1 aliphatic rings. The summed E-state index contributed by atoms with van der Waals surface area (Å²) in [5, 5.41) is 3.06. The van der Waals surface area contributed by atoms with E-state index in [2.05, 4.69) is 19.2 Å². The average molecular weight is 260 g/mol. The predicted octanol–water partition coefficient (Wildman–Crippen LogP) is 3.73. The molecule has 0 heterocycles. The molecule has 1 aliphatic carbocycles. The third-order valence-corrected chi connectivity index (χ3v) is 4.10. The molecule has 0 radical (unpaired) electrons. The number of amides is 1. The van der Waals surface area contributed by atoms with Gasteiger partial charge in [-0.3, -0.25) is 4.79 Å². The van der Waals surface area contributed by atoms with Crippen molar-refractivity contribution in [2.75, 3.05) is 5.88 Å². The van der Waals surface area contributed by atoms with Gasteiger partial charge in [0.2, 0.25) is 5.91 Å². The number of hydrogen-bond donors (Lipinski definition) is 1. The van der Waals surface area contributed by atoms with Gasteiger partial charge in [0.15, 0.2) is 0 Å². The van der Waals surface area contributed by atoms with Crippen molar-refractivity contribution in [1.29, 1.82) is 0 Å². The van der Waals surface area contributed by atoms with Crippen molar-refractivity contribution in [2.24, 2.45) is 11.8 Å². The highest BCUT2D eigenvalue weighted by Crippen LogP contribution is 2.25. The number of carbonyl (C=O) groups is 1. The lowest BCUT2D eigenvalue weighted by atomic mass is 9.96. The Morgan fingerprint density at radius 2 is 1.82 bits per heavy atom. The van der Waals surface area contributed by atoms with E-state index >= 15 is 0 Å². The lowest BCUT2D eigenvalue weighted by Crippen LogP contribution is -2.40. The van der Waals surface area contributed by atoms with Gasteiger partial charge in [0, 0.05) is 18.3 Å². The van der Waals surface area contributed by atoms with Crippen LogP contribution in [0.15, 0.2) is 0 Å². The second kappa shape index (κ2) is 7.97. The van der Waals surface area contributed by atoms with Crippen molar-refractivity contribution in [3.63, 3.8) is 0 Å². The number of halogens is 1. The maximum Gasteiger partial charge on any atom is 0.220 e. The normalized spacial score (nSPS) is 20.0. The van der Waals surface area contributed by atoms with Crippen LogP contribution in [-0.2, 0) is 4.79 Å². The number of rotatable bonds is 5. The Morgan fingerprint density at radius 3 is 2.29 bits per heavy atom. The molecule has 0 aromatic heterocycles. The Balaban J connectivity index is 2.32. The predicted molar refractivity (Wildman–Crippen MR) is 73.3 cm³/mol. The molecule has 1 amide bonds. The van der Waals surface area contributed by atoms with Crippen LogP contribution >= 0.6 is 11.6 Å². The van der Waals surface area contributed by atoms with E-state index in [1.54, 1.807) is 0 Å². The highest BCUT2D eigenvalue weighted by Gasteiger charge is 2.19. The monoisotopic (exact) mass is 259 g/mol. The number of alkyl halides is 1. The van der Waals surface area contributed by atoms with Crippen LogP contribution in [0.4, 0.5) is 0 Å². The zero-order valence-corrected chi connectivity index (χ0v) is 11.9. The van der Waals surface area contributed by atoms with Crippen molar-refractivity contribution in [3.05, 3.63) is 0 Å². The third kappa shape index (κ3) is 5.76. The van der Waals surface area contributed by atoms with E-state index in [0.717, 1.165) is 0 Å². The zero-order chi connectivity index (χ0) is 12.7. The van der Waals surface area contributed by atoms with E-state index in [1.165, 1.54) is 38.5 Å². The quantitative estimate of drug-likeness (QED) is 0.592. The number of hydrogen-bond acceptors (Lipinski definition) is 1. The van der Waals surface area contributed by atoms with Gasteiger partial charge in [-0.1, -0.05) is 39.5 Å². The van der Waals surface area contributed by atoms with Crippen LogP contribution in [0, 0.1) is 11.8 Å². The van der Waals surface area contributed by atoms with E-state index in [4.69, 9.17) is 11.6 Å². The standard InChI is InChI=1S/C14H26ClNO/c1-11(2)13(10-15)16-14(17)9-12-7-5-3-4-6-8-12/h11-13H,3-10H2,1-2H3,(H,16,17). The van der Waals surface area contributed by atoms with Crippen LogP contribution in [0.25, 0.3) is 0 Å². The first kappa shape index (κ1) is 14.8. The Morgan fingerprint density at radius 1 is 1.24 bits per heavy atom. The van der Waals surface area contributed by atoms with Gasteiger partial charge < -0.3 is 5.32 Å². The van der Waals surface area contributed by atoms with Crippen LogP contribution in [-0.4, -0.2) is 17.8 Å². The van der Waals surface area contributed by atoms with Crippen molar-refractivity contribution >= 4 is 17.5 Å². The molecule has 3 heteroatoms. The summed E-state index contributed by atoms with van der Waals surface area (Å²) in [5.74, 6) is 1.70. The van der Waals surface area contributed by atoms with Crippen molar-refractivity contribution in [2.45, 2.75) is 64.8 Å². The van der Waals surface area contributed by atoms with E-state index in [9.17, 15) is 4.79 Å². The molecule has 17 heavy (non-hydrogen) atoms. The summed E-state index contributed by atoms with van der Waals surface area (Å²) >= 11 is 5.86. The summed E-state index contributed by atoms with van der Waals surface area (Å²) in [7, 11) is 0. The van der Waals surface area contributed by atoms with Crippen LogP contribution in [0.2, 0.25) is 0 Å². The van der Waals surface area contributed by atoms with E-state index in [-0.39, 0.29) is 11.9 Å². The number of nitrogens with one attached hydrogen (secondary N) is 1. The van der Waals surface area contributed by atoms with Gasteiger partial charge in [0.05, 0.1) is 0 Å². The first-order chi connectivity index (χ1) is 8.13. The van der Waals surface area contributed by atoms with E-state index in [0.29, 0.717) is 24.1 Å². The molecule has 0 bridgehead atoms. The molecule has 1 saturated carbocycles. The topological polar surface area (TPSA) is 29.1 Å². The van der Waals surface area contributed by atoms with Crippen molar-refractivity contribution in [1.82, 2.24) is 5.32 Å². The highest BCUT2D eigenvalue weighted by molar-refractivity contribution is 6.18. The minimum atomic E-state index is 0.120. The summed E-state index contributed by atoms with van der Waals surface area (Å²) in [6.45, 7) is 4.19. The highest BCUT2D eigenvalue weighted by atomic mass is 35.5. The largest absolute Gasteiger partial charge is 0.352 e. The number of carbonyl (C=O) groups excluding carboxylic acids is 1. The average Bonchev–Trinajstić information content (AvgIpc) is 2.54. The molecule has 1 unspecified atom stereocenters. The second-order valence-electron chi connectivity index (χ2n) is 5.63. The minimum absolute atomic E-state index is 0.120. The van der Waals surface area contributed by atoms with E-state index < -0.39 is 0 Å². The van der Waals surface area contributed by atoms with Gasteiger partial charge in [0.1, 0.15) is 0 Å². The maximum absolute atomic E-state index is 11.9. The molecular formula is C14H26ClNO. The Kier molecular flexibility index (Phi) is 6.94. The zero-order valence-electron chi connectivity index (χ0n) is 11.2. The van der Waals surface area contributed by atoms with Crippen LogP contribution in [0.5, 0.6) is 0 Å². The van der Waals surface area contributed by atoms with Gasteiger partial charge in [-0.15, -0.1) is 11.6 Å². The molecule has 1 fully saturated rings. The Labute approximate surface area is 110 Å². The molecule has 0 spiro atoms. The van der Waals surface area contributed by atoms with Gasteiger partial charge >= 0.3 is 0 Å². The molecule has 1 N–H and O–H groups in total. The van der Waals surface area contributed by atoms with Gasteiger partial charge in [0.25, 0.3) is 0 Å². The molecule has 2 nitrogen and oxygen atoms in total. The van der Waals surface area contributed by atoms with Crippen LogP contribution in [0.3, 0.4) is 0 Å². The lowest BCUT2D eigenvalue weighted by Gasteiger charge is -2.21.